The Bertz CT molecular complexity index is 483. The van der Waals surface area contributed by atoms with Crippen LogP contribution < -0.4 is 5.32 Å². The molecule has 0 radical (unpaired) electrons. The van der Waals surface area contributed by atoms with Crippen molar-refractivity contribution >= 4 is 46.8 Å². The topological polar surface area (TPSA) is 55.4 Å². The zero-order chi connectivity index (χ0) is 15.0. The Labute approximate surface area is 132 Å². The minimum Gasteiger partial charge on any atom is -0.465 e. The average Bonchev–Trinajstić information content (AvgIpc) is 2.41. The van der Waals surface area contributed by atoms with Crippen LogP contribution in [-0.2, 0) is 20.1 Å². The predicted molar refractivity (Wildman–Crippen MR) is 82.3 cm³/mol. The summed E-state index contributed by atoms with van der Waals surface area (Å²) in [4.78, 5) is 22.5. The van der Waals surface area contributed by atoms with Gasteiger partial charge in [-0.05, 0) is 24.6 Å². The third-order valence-corrected chi connectivity index (χ3v) is 3.96. The minimum atomic E-state index is -0.435. The van der Waals surface area contributed by atoms with Crippen LogP contribution in [0.4, 0.5) is 0 Å². The highest BCUT2D eigenvalue weighted by molar-refractivity contribution is 7.99. The smallest absolute Gasteiger partial charge is 0.325 e. The van der Waals surface area contributed by atoms with Crippen molar-refractivity contribution in [3.8, 4) is 0 Å². The first kappa shape index (κ1) is 17.1. The fourth-order valence-electron chi connectivity index (χ4n) is 1.32. The molecule has 0 bridgehead atoms. The molecule has 0 heterocycles. The van der Waals surface area contributed by atoms with E-state index in [4.69, 9.17) is 27.9 Å². The van der Waals surface area contributed by atoms with Crippen LogP contribution in [0.25, 0.3) is 0 Å². The van der Waals surface area contributed by atoms with Gasteiger partial charge in [0.05, 0.1) is 22.4 Å². The molecule has 0 saturated heterocycles. The van der Waals surface area contributed by atoms with Gasteiger partial charge in [0.2, 0.25) is 5.91 Å². The van der Waals surface area contributed by atoms with Crippen molar-refractivity contribution in [2.75, 3.05) is 18.9 Å². The summed E-state index contributed by atoms with van der Waals surface area (Å²) in [5.74, 6) is 0.266. The summed E-state index contributed by atoms with van der Waals surface area (Å²) in [6, 6.07) is 5.35. The van der Waals surface area contributed by atoms with Crippen LogP contribution in [-0.4, -0.2) is 30.8 Å². The molecule has 0 aliphatic heterocycles. The quantitative estimate of drug-likeness (QED) is 0.778. The highest BCUT2D eigenvalue weighted by Crippen LogP contribution is 2.24. The average molecular weight is 336 g/mol. The Hall–Kier alpha value is -0.910. The Morgan fingerprint density at radius 2 is 2.05 bits per heavy atom. The molecule has 1 aromatic carbocycles. The van der Waals surface area contributed by atoms with Crippen LogP contribution in [0.5, 0.6) is 0 Å². The van der Waals surface area contributed by atoms with Crippen molar-refractivity contribution in [1.29, 1.82) is 0 Å². The molecule has 4 nitrogen and oxygen atoms in total. The van der Waals surface area contributed by atoms with Gasteiger partial charge in [-0.15, -0.1) is 11.8 Å². The number of hydrogen-bond donors (Lipinski definition) is 1. The number of carbonyl (C=O) groups excluding carboxylic acids is 2. The summed E-state index contributed by atoms with van der Waals surface area (Å²) in [5.41, 5.74) is 0.989. The number of benzene rings is 1. The largest absolute Gasteiger partial charge is 0.465 e. The highest BCUT2D eigenvalue weighted by Gasteiger charge is 2.06. The van der Waals surface area contributed by atoms with Crippen molar-refractivity contribution < 1.29 is 14.3 Å². The fraction of sp³-hybridized carbons (Fsp3) is 0.385. The maximum atomic E-state index is 11.5. The molecule has 0 fully saturated rings. The summed E-state index contributed by atoms with van der Waals surface area (Å²) in [6.07, 6.45) is 0. The number of amides is 1. The first-order valence-electron chi connectivity index (χ1n) is 5.97. The molecule has 0 aliphatic rings. The minimum absolute atomic E-state index is 0.0972. The number of thioether (sulfide) groups is 1. The maximum Gasteiger partial charge on any atom is 0.325 e. The Balaban J connectivity index is 2.24. The Morgan fingerprint density at radius 1 is 1.30 bits per heavy atom. The van der Waals surface area contributed by atoms with Crippen molar-refractivity contribution in [3.63, 3.8) is 0 Å². The van der Waals surface area contributed by atoms with Crippen molar-refractivity contribution in [2.24, 2.45) is 0 Å². The second-order valence-corrected chi connectivity index (χ2v) is 5.62. The van der Waals surface area contributed by atoms with Crippen LogP contribution in [0, 0.1) is 0 Å². The number of halogens is 2. The lowest BCUT2D eigenvalue weighted by Gasteiger charge is -2.05. The molecular weight excluding hydrogens is 321 g/mol. The lowest BCUT2D eigenvalue weighted by atomic mass is 10.2. The van der Waals surface area contributed by atoms with Gasteiger partial charge in [0.25, 0.3) is 0 Å². The molecule has 110 valence electrons. The van der Waals surface area contributed by atoms with Gasteiger partial charge in [-0.2, -0.15) is 0 Å². The molecule has 1 rings (SSSR count). The maximum absolute atomic E-state index is 11.5. The SMILES string of the molecule is CCOC(=O)CNC(=O)CSCc1ccc(Cl)c(Cl)c1. The molecular formula is C13H15Cl2NO3S. The zero-order valence-corrected chi connectivity index (χ0v) is 13.3. The number of nitrogens with one attached hydrogen (secondary N) is 1. The second kappa shape index (κ2) is 9.10. The van der Waals surface area contributed by atoms with Gasteiger partial charge in [0.15, 0.2) is 0 Å². The first-order chi connectivity index (χ1) is 9.52. The molecule has 0 saturated carbocycles. The van der Waals surface area contributed by atoms with Gasteiger partial charge in [-0.25, -0.2) is 0 Å². The number of ether oxygens (including phenoxy) is 1. The van der Waals surface area contributed by atoms with E-state index in [1.54, 1.807) is 19.1 Å². The molecule has 0 aromatic heterocycles. The van der Waals surface area contributed by atoms with E-state index in [1.807, 2.05) is 6.07 Å². The lowest BCUT2D eigenvalue weighted by molar-refractivity contribution is -0.143. The molecule has 1 aromatic rings. The molecule has 20 heavy (non-hydrogen) atoms. The van der Waals surface area contributed by atoms with Crippen LogP contribution in [0.15, 0.2) is 18.2 Å². The first-order valence-corrected chi connectivity index (χ1v) is 7.88. The van der Waals surface area contributed by atoms with Crippen molar-refractivity contribution in [1.82, 2.24) is 5.32 Å². The molecule has 0 spiro atoms. The van der Waals surface area contributed by atoms with Gasteiger partial charge in [0.1, 0.15) is 6.54 Å². The van der Waals surface area contributed by atoms with Crippen LogP contribution in [0.3, 0.4) is 0 Å². The number of esters is 1. The van der Waals surface area contributed by atoms with Gasteiger partial charge in [-0.1, -0.05) is 29.3 Å². The van der Waals surface area contributed by atoms with Crippen molar-refractivity contribution in [3.05, 3.63) is 33.8 Å². The normalized spacial score (nSPS) is 10.2. The van der Waals surface area contributed by atoms with Crippen LogP contribution in [0.1, 0.15) is 12.5 Å². The van der Waals surface area contributed by atoms with E-state index in [0.717, 1.165) is 5.56 Å². The third-order valence-electron chi connectivity index (χ3n) is 2.22. The van der Waals surface area contributed by atoms with E-state index in [9.17, 15) is 9.59 Å². The molecule has 1 amide bonds. The van der Waals surface area contributed by atoms with Gasteiger partial charge in [0, 0.05) is 5.75 Å². The van der Waals surface area contributed by atoms with Gasteiger partial charge in [-0.3, -0.25) is 9.59 Å². The lowest BCUT2D eigenvalue weighted by Crippen LogP contribution is -2.31. The van der Waals surface area contributed by atoms with E-state index in [1.165, 1.54) is 11.8 Å². The highest BCUT2D eigenvalue weighted by atomic mass is 35.5. The number of rotatable bonds is 7. The summed E-state index contributed by atoms with van der Waals surface area (Å²) in [6.45, 7) is 1.92. The standard InChI is InChI=1S/C13H15Cl2NO3S/c1-2-19-13(18)6-16-12(17)8-20-7-9-3-4-10(14)11(15)5-9/h3-5H,2,6-8H2,1H3,(H,16,17). The summed E-state index contributed by atoms with van der Waals surface area (Å²) in [5, 5.41) is 3.50. The Morgan fingerprint density at radius 3 is 2.70 bits per heavy atom. The van der Waals surface area contributed by atoms with Crippen LogP contribution in [0.2, 0.25) is 10.0 Å². The van der Waals surface area contributed by atoms with E-state index < -0.39 is 5.97 Å². The predicted octanol–water partition coefficient (Wildman–Crippen LogP) is 2.91. The van der Waals surface area contributed by atoms with Crippen LogP contribution >= 0.6 is 35.0 Å². The monoisotopic (exact) mass is 335 g/mol. The molecule has 1 N–H and O–H groups in total. The van der Waals surface area contributed by atoms with Gasteiger partial charge < -0.3 is 10.1 Å². The van der Waals surface area contributed by atoms with E-state index in [2.05, 4.69) is 5.32 Å². The second-order valence-electron chi connectivity index (χ2n) is 3.82. The zero-order valence-electron chi connectivity index (χ0n) is 10.9. The third kappa shape index (κ3) is 6.50. The fourth-order valence-corrected chi connectivity index (χ4v) is 2.45. The van der Waals surface area contributed by atoms with E-state index >= 15 is 0 Å². The molecule has 0 atom stereocenters. The van der Waals surface area contributed by atoms with Crippen molar-refractivity contribution in [2.45, 2.75) is 12.7 Å². The summed E-state index contributed by atoms with van der Waals surface area (Å²) < 4.78 is 4.70. The van der Waals surface area contributed by atoms with E-state index in [-0.39, 0.29) is 18.2 Å². The summed E-state index contributed by atoms with van der Waals surface area (Å²) >= 11 is 13.1. The van der Waals surface area contributed by atoms with E-state index in [0.29, 0.717) is 22.4 Å². The molecule has 0 unspecified atom stereocenters. The molecule has 7 heteroatoms. The van der Waals surface area contributed by atoms with Gasteiger partial charge >= 0.3 is 5.97 Å². The number of carbonyl (C=O) groups is 2. The Kier molecular flexibility index (Phi) is 7.80. The summed E-state index contributed by atoms with van der Waals surface area (Å²) in [7, 11) is 0. The number of hydrogen-bond acceptors (Lipinski definition) is 4. The molecule has 0 aliphatic carbocycles.